The van der Waals surface area contributed by atoms with Crippen LogP contribution in [0.5, 0.6) is 0 Å². The maximum Gasteiger partial charge on any atom is 0.0558 e. The van der Waals surface area contributed by atoms with Crippen LogP contribution in [0.2, 0.25) is 0 Å². The molecule has 0 bridgehead atoms. The Labute approximate surface area is 102 Å². The predicted octanol–water partition coefficient (Wildman–Crippen LogP) is 3.15. The van der Waals surface area contributed by atoms with Crippen molar-refractivity contribution in [3.63, 3.8) is 0 Å². The van der Waals surface area contributed by atoms with E-state index in [0.29, 0.717) is 6.04 Å². The first-order valence-electron chi connectivity index (χ1n) is 4.63. The molecule has 0 aliphatic carbocycles. The Kier molecular flexibility index (Phi) is 5.06. The fourth-order valence-corrected chi connectivity index (χ4v) is 2.29. The molecule has 0 spiro atoms. The van der Waals surface area contributed by atoms with Gasteiger partial charge in [-0.2, -0.15) is 0 Å². The Morgan fingerprint density at radius 3 is 2.71 bits per heavy atom. The minimum absolute atomic E-state index is 0.532. The largest absolute Gasteiger partial charge is 0.314 e. The van der Waals surface area contributed by atoms with Crippen molar-refractivity contribution in [2.75, 3.05) is 6.54 Å². The van der Waals surface area contributed by atoms with Gasteiger partial charge in [-0.3, -0.25) is 4.98 Å². The Bertz CT molecular complexity index is 300. The van der Waals surface area contributed by atoms with Crippen LogP contribution in [-0.2, 0) is 6.42 Å². The molecule has 1 heterocycles. The average Bonchev–Trinajstić information content (AvgIpc) is 2.08. The van der Waals surface area contributed by atoms with Crippen LogP contribution in [0.25, 0.3) is 0 Å². The molecule has 0 atom stereocenters. The summed E-state index contributed by atoms with van der Waals surface area (Å²) in [5, 5.41) is 3.36. The van der Waals surface area contributed by atoms with Crippen LogP contribution in [0.4, 0.5) is 0 Å². The van der Waals surface area contributed by atoms with Gasteiger partial charge in [0.2, 0.25) is 0 Å². The molecule has 0 saturated heterocycles. The quantitative estimate of drug-likeness (QED) is 0.921. The summed E-state index contributed by atoms with van der Waals surface area (Å²) in [4.78, 5) is 4.34. The second kappa shape index (κ2) is 5.83. The van der Waals surface area contributed by atoms with Crippen molar-refractivity contribution in [3.8, 4) is 0 Å². The van der Waals surface area contributed by atoms with E-state index in [1.54, 1.807) is 0 Å². The summed E-state index contributed by atoms with van der Waals surface area (Å²) in [6.45, 7) is 5.25. The molecule has 0 unspecified atom stereocenters. The lowest BCUT2D eigenvalue weighted by Gasteiger charge is -2.08. The zero-order valence-corrected chi connectivity index (χ0v) is 11.5. The lowest BCUT2D eigenvalue weighted by atomic mass is 10.2. The van der Waals surface area contributed by atoms with Crippen molar-refractivity contribution in [1.82, 2.24) is 10.3 Å². The summed E-state index contributed by atoms with van der Waals surface area (Å²) in [5.41, 5.74) is 1.10. The van der Waals surface area contributed by atoms with Gasteiger partial charge in [0.05, 0.1) is 5.69 Å². The van der Waals surface area contributed by atoms with Crippen molar-refractivity contribution < 1.29 is 0 Å². The number of aromatic nitrogens is 1. The number of rotatable bonds is 4. The van der Waals surface area contributed by atoms with E-state index in [0.717, 1.165) is 27.6 Å². The minimum Gasteiger partial charge on any atom is -0.314 e. The highest BCUT2D eigenvalue weighted by Gasteiger charge is 2.02. The monoisotopic (exact) mass is 320 g/mol. The van der Waals surface area contributed by atoms with Crippen LogP contribution in [-0.4, -0.2) is 17.6 Å². The Balaban J connectivity index is 2.51. The van der Waals surface area contributed by atoms with Crippen molar-refractivity contribution in [3.05, 3.63) is 26.9 Å². The van der Waals surface area contributed by atoms with Gasteiger partial charge in [0, 0.05) is 34.1 Å². The molecule has 0 saturated carbocycles. The standard InChI is InChI=1S/C10H14Br2N2/c1-7(2)13-4-3-10-9(12)5-8(11)6-14-10/h5-7,13H,3-4H2,1-2H3. The van der Waals surface area contributed by atoms with Gasteiger partial charge in [-0.25, -0.2) is 0 Å². The molecule has 1 rings (SSSR count). The Morgan fingerprint density at radius 1 is 1.43 bits per heavy atom. The highest BCUT2D eigenvalue weighted by Crippen LogP contribution is 2.19. The Hall–Kier alpha value is 0.0700. The maximum absolute atomic E-state index is 4.34. The van der Waals surface area contributed by atoms with E-state index in [-0.39, 0.29) is 0 Å². The summed E-state index contributed by atoms with van der Waals surface area (Å²) >= 11 is 6.87. The van der Waals surface area contributed by atoms with E-state index < -0.39 is 0 Å². The van der Waals surface area contributed by atoms with Crippen LogP contribution in [0.1, 0.15) is 19.5 Å². The fourth-order valence-electron chi connectivity index (χ4n) is 1.11. The highest BCUT2D eigenvalue weighted by molar-refractivity contribution is 9.11. The summed E-state index contributed by atoms with van der Waals surface area (Å²) in [6, 6.07) is 2.56. The van der Waals surface area contributed by atoms with E-state index in [1.165, 1.54) is 0 Å². The topological polar surface area (TPSA) is 24.9 Å². The molecule has 1 N–H and O–H groups in total. The number of hydrogen-bond acceptors (Lipinski definition) is 2. The van der Waals surface area contributed by atoms with Gasteiger partial charge in [-0.15, -0.1) is 0 Å². The molecule has 1 aromatic heterocycles. The van der Waals surface area contributed by atoms with Crippen LogP contribution < -0.4 is 5.32 Å². The molecule has 0 aliphatic rings. The predicted molar refractivity (Wildman–Crippen MR) is 66.5 cm³/mol. The maximum atomic E-state index is 4.34. The van der Waals surface area contributed by atoms with Gasteiger partial charge in [0.1, 0.15) is 0 Å². The summed E-state index contributed by atoms with van der Waals surface area (Å²) in [7, 11) is 0. The van der Waals surface area contributed by atoms with Crippen molar-refractivity contribution >= 4 is 31.9 Å². The minimum atomic E-state index is 0.532. The highest BCUT2D eigenvalue weighted by atomic mass is 79.9. The fraction of sp³-hybridized carbons (Fsp3) is 0.500. The summed E-state index contributed by atoms with van der Waals surface area (Å²) in [6.07, 6.45) is 2.78. The normalized spacial score (nSPS) is 10.9. The molecular formula is C10H14Br2N2. The zero-order valence-electron chi connectivity index (χ0n) is 8.35. The third-order valence-electron chi connectivity index (χ3n) is 1.80. The third-order valence-corrected chi connectivity index (χ3v) is 2.92. The number of pyridine rings is 1. The molecule has 14 heavy (non-hydrogen) atoms. The van der Waals surface area contributed by atoms with E-state index in [4.69, 9.17) is 0 Å². The second-order valence-corrected chi connectivity index (χ2v) is 5.21. The first-order valence-corrected chi connectivity index (χ1v) is 6.21. The molecule has 0 fully saturated rings. The lowest BCUT2D eigenvalue weighted by Crippen LogP contribution is -2.25. The van der Waals surface area contributed by atoms with Gasteiger partial charge >= 0.3 is 0 Å². The summed E-state index contributed by atoms with van der Waals surface area (Å²) in [5.74, 6) is 0. The van der Waals surface area contributed by atoms with E-state index in [2.05, 4.69) is 56.0 Å². The van der Waals surface area contributed by atoms with Gasteiger partial charge in [-0.05, 0) is 37.9 Å². The molecule has 0 aromatic carbocycles. The molecule has 0 aliphatic heterocycles. The van der Waals surface area contributed by atoms with Crippen molar-refractivity contribution in [2.45, 2.75) is 26.3 Å². The molecule has 2 nitrogen and oxygen atoms in total. The molecule has 78 valence electrons. The molecule has 0 amide bonds. The first-order chi connectivity index (χ1) is 6.59. The van der Waals surface area contributed by atoms with Gasteiger partial charge in [-0.1, -0.05) is 13.8 Å². The Morgan fingerprint density at radius 2 is 2.14 bits per heavy atom. The third kappa shape index (κ3) is 4.07. The number of nitrogens with one attached hydrogen (secondary N) is 1. The smallest absolute Gasteiger partial charge is 0.0558 e. The van der Waals surface area contributed by atoms with Gasteiger partial charge < -0.3 is 5.32 Å². The second-order valence-electron chi connectivity index (χ2n) is 3.44. The number of halogens is 2. The van der Waals surface area contributed by atoms with E-state index in [1.807, 2.05) is 12.3 Å². The first kappa shape index (κ1) is 12.1. The number of hydrogen-bond donors (Lipinski definition) is 1. The van der Waals surface area contributed by atoms with Crippen LogP contribution in [0.15, 0.2) is 21.2 Å². The molecule has 0 radical (unpaired) electrons. The van der Waals surface area contributed by atoms with Crippen molar-refractivity contribution in [1.29, 1.82) is 0 Å². The van der Waals surface area contributed by atoms with Crippen LogP contribution in [0.3, 0.4) is 0 Å². The van der Waals surface area contributed by atoms with Crippen LogP contribution in [0, 0.1) is 0 Å². The average molecular weight is 322 g/mol. The van der Waals surface area contributed by atoms with Gasteiger partial charge in [0.25, 0.3) is 0 Å². The molecule has 1 aromatic rings. The molecular weight excluding hydrogens is 308 g/mol. The lowest BCUT2D eigenvalue weighted by molar-refractivity contribution is 0.586. The van der Waals surface area contributed by atoms with E-state index in [9.17, 15) is 0 Å². The van der Waals surface area contributed by atoms with Gasteiger partial charge in [0.15, 0.2) is 0 Å². The van der Waals surface area contributed by atoms with Crippen molar-refractivity contribution in [2.24, 2.45) is 0 Å². The zero-order chi connectivity index (χ0) is 10.6. The number of nitrogens with zero attached hydrogens (tertiary/aromatic N) is 1. The summed E-state index contributed by atoms with van der Waals surface area (Å²) < 4.78 is 2.07. The van der Waals surface area contributed by atoms with Crippen LogP contribution >= 0.6 is 31.9 Å². The molecule has 4 heteroatoms. The SMILES string of the molecule is CC(C)NCCc1ncc(Br)cc1Br. The van der Waals surface area contributed by atoms with E-state index >= 15 is 0 Å².